The molecule has 10 heteroatoms. The average Bonchev–Trinajstić information content (AvgIpc) is 3.46. The first-order valence-electron chi connectivity index (χ1n) is 10.7. The van der Waals surface area contributed by atoms with E-state index in [2.05, 4.69) is 10.2 Å². The monoisotopic (exact) mass is 439 g/mol. The second-order valence-corrected chi connectivity index (χ2v) is 8.05. The molecule has 2 saturated heterocycles. The quantitative estimate of drug-likeness (QED) is 0.603. The highest BCUT2D eigenvalue weighted by molar-refractivity contribution is 5.76. The number of methoxy groups -OCH3 is 1. The summed E-state index contributed by atoms with van der Waals surface area (Å²) in [4.78, 5) is 27.7. The highest BCUT2D eigenvalue weighted by Gasteiger charge is 2.40. The van der Waals surface area contributed by atoms with Crippen molar-refractivity contribution in [3.8, 4) is 17.0 Å². The Morgan fingerprint density at radius 2 is 1.81 bits per heavy atom. The van der Waals surface area contributed by atoms with E-state index < -0.39 is 5.79 Å². The number of benzene rings is 1. The lowest BCUT2D eigenvalue weighted by atomic mass is 10.0. The van der Waals surface area contributed by atoms with Crippen LogP contribution < -0.4 is 10.3 Å². The van der Waals surface area contributed by atoms with Crippen LogP contribution in [0.4, 0.5) is 0 Å². The summed E-state index contributed by atoms with van der Waals surface area (Å²) in [6.07, 6.45) is 1.26. The number of hydrogen-bond donors (Lipinski definition) is 0. The van der Waals surface area contributed by atoms with Crippen LogP contribution in [0.1, 0.15) is 18.7 Å². The number of fused-ring (bicyclic) bond motifs is 1. The molecule has 0 bridgehead atoms. The molecule has 0 unspecified atom stereocenters. The van der Waals surface area contributed by atoms with Crippen molar-refractivity contribution in [3.05, 3.63) is 46.5 Å². The van der Waals surface area contributed by atoms with E-state index in [0.29, 0.717) is 56.2 Å². The van der Waals surface area contributed by atoms with Gasteiger partial charge in [0.25, 0.3) is 5.56 Å². The lowest BCUT2D eigenvalue weighted by Gasteiger charge is -2.37. The molecule has 5 rings (SSSR count). The van der Waals surface area contributed by atoms with Crippen LogP contribution in [0.25, 0.3) is 16.8 Å². The number of rotatable bonds is 4. The largest absolute Gasteiger partial charge is 0.497 e. The topological polar surface area (TPSA) is 100 Å². The van der Waals surface area contributed by atoms with Crippen molar-refractivity contribution in [1.82, 2.24) is 24.3 Å². The van der Waals surface area contributed by atoms with E-state index in [1.807, 2.05) is 24.3 Å². The Morgan fingerprint density at radius 3 is 2.47 bits per heavy atom. The van der Waals surface area contributed by atoms with E-state index in [4.69, 9.17) is 14.2 Å². The smallest absolute Gasteiger partial charge is 0.293 e. The number of ether oxygens (including phenoxy) is 3. The van der Waals surface area contributed by atoms with Crippen molar-refractivity contribution in [2.75, 3.05) is 33.4 Å². The second-order valence-electron chi connectivity index (χ2n) is 8.05. The van der Waals surface area contributed by atoms with Crippen molar-refractivity contribution in [3.63, 3.8) is 0 Å². The van der Waals surface area contributed by atoms with Gasteiger partial charge in [-0.05, 0) is 37.3 Å². The standard InChI is InChI=1S/C22H25N5O5/c1-15-23-26(14-20(28)25-9-7-22(8-10-25)31-11-12-32-22)21(29)19-13-18(24-27(15)19)16-3-5-17(30-2)6-4-16/h3-6,13H,7-12,14H2,1-2H3. The van der Waals surface area contributed by atoms with Crippen molar-refractivity contribution in [2.24, 2.45) is 0 Å². The van der Waals surface area contributed by atoms with Crippen molar-refractivity contribution in [1.29, 1.82) is 0 Å². The van der Waals surface area contributed by atoms with Crippen LogP contribution in [-0.4, -0.2) is 69.4 Å². The van der Waals surface area contributed by atoms with E-state index in [0.717, 1.165) is 11.3 Å². The van der Waals surface area contributed by atoms with Gasteiger partial charge < -0.3 is 19.1 Å². The number of likely N-dealkylation sites (tertiary alicyclic amines) is 1. The maximum absolute atomic E-state index is 13.1. The van der Waals surface area contributed by atoms with Gasteiger partial charge in [-0.2, -0.15) is 10.2 Å². The maximum Gasteiger partial charge on any atom is 0.293 e. The number of aromatic nitrogens is 4. The maximum atomic E-state index is 13.1. The van der Waals surface area contributed by atoms with Gasteiger partial charge in [0, 0.05) is 31.5 Å². The molecule has 32 heavy (non-hydrogen) atoms. The molecular formula is C22H25N5O5. The third-order valence-corrected chi connectivity index (χ3v) is 6.10. The van der Waals surface area contributed by atoms with E-state index in [1.54, 1.807) is 25.0 Å². The Bertz CT molecular complexity index is 1200. The number of carbonyl (C=O) groups is 1. The lowest BCUT2D eigenvalue weighted by molar-refractivity contribution is -0.187. The highest BCUT2D eigenvalue weighted by atomic mass is 16.7. The predicted octanol–water partition coefficient (Wildman–Crippen LogP) is 1.24. The van der Waals surface area contributed by atoms with Gasteiger partial charge >= 0.3 is 0 Å². The van der Waals surface area contributed by atoms with Crippen molar-refractivity contribution >= 4 is 11.4 Å². The summed E-state index contributed by atoms with van der Waals surface area (Å²) < 4.78 is 19.4. The predicted molar refractivity (Wildman–Crippen MR) is 114 cm³/mol. The number of aryl methyl sites for hydroxylation is 1. The Kier molecular flexibility index (Phi) is 5.18. The van der Waals surface area contributed by atoms with Gasteiger partial charge in [0.15, 0.2) is 5.79 Å². The van der Waals surface area contributed by atoms with Crippen molar-refractivity contribution in [2.45, 2.75) is 32.1 Å². The molecule has 0 N–H and O–H groups in total. The SMILES string of the molecule is COc1ccc(-c2cc3c(=O)n(CC(=O)N4CCC5(CC4)OCCO5)nc(C)n3n2)cc1. The van der Waals surface area contributed by atoms with Crippen LogP contribution in [-0.2, 0) is 20.8 Å². The molecule has 0 saturated carbocycles. The summed E-state index contributed by atoms with van der Waals surface area (Å²) >= 11 is 0. The fourth-order valence-electron chi connectivity index (χ4n) is 4.30. The summed E-state index contributed by atoms with van der Waals surface area (Å²) in [6.45, 7) is 3.89. The summed E-state index contributed by atoms with van der Waals surface area (Å²) in [6, 6.07) is 9.16. The number of nitrogens with zero attached hydrogens (tertiary/aromatic N) is 5. The van der Waals surface area contributed by atoms with Crippen LogP contribution in [0.3, 0.4) is 0 Å². The number of hydrogen-bond acceptors (Lipinski definition) is 7. The highest BCUT2D eigenvalue weighted by Crippen LogP contribution is 2.31. The van der Waals surface area contributed by atoms with E-state index in [9.17, 15) is 9.59 Å². The fourth-order valence-corrected chi connectivity index (χ4v) is 4.30. The number of carbonyl (C=O) groups excluding carboxylic acids is 1. The first kappa shape index (κ1) is 20.7. The van der Waals surface area contributed by atoms with Gasteiger partial charge in [0.05, 0.1) is 26.0 Å². The van der Waals surface area contributed by atoms with Gasteiger partial charge in [-0.25, -0.2) is 9.20 Å². The molecular weight excluding hydrogens is 414 g/mol. The van der Waals surface area contributed by atoms with Crippen LogP contribution in [0.2, 0.25) is 0 Å². The first-order chi connectivity index (χ1) is 15.5. The molecule has 2 aliphatic heterocycles. The molecule has 3 aromatic rings. The summed E-state index contributed by atoms with van der Waals surface area (Å²) in [5.41, 5.74) is 1.53. The molecule has 168 valence electrons. The molecule has 1 amide bonds. The zero-order chi connectivity index (χ0) is 22.3. The summed E-state index contributed by atoms with van der Waals surface area (Å²) in [5, 5.41) is 8.86. The Morgan fingerprint density at radius 1 is 1.12 bits per heavy atom. The first-order valence-corrected chi connectivity index (χ1v) is 10.7. The summed E-state index contributed by atoms with van der Waals surface area (Å²) in [7, 11) is 1.61. The normalized spacial score (nSPS) is 17.9. The minimum absolute atomic E-state index is 0.117. The average molecular weight is 439 g/mol. The lowest BCUT2D eigenvalue weighted by Crippen LogP contribution is -2.48. The molecule has 2 fully saturated rings. The van der Waals surface area contributed by atoms with Crippen LogP contribution in [0.15, 0.2) is 35.1 Å². The van der Waals surface area contributed by atoms with Gasteiger partial charge in [-0.3, -0.25) is 9.59 Å². The molecule has 1 spiro atoms. The molecule has 1 aromatic carbocycles. The number of piperidine rings is 1. The van der Waals surface area contributed by atoms with Gasteiger partial charge in [-0.15, -0.1) is 0 Å². The third-order valence-electron chi connectivity index (χ3n) is 6.10. The van der Waals surface area contributed by atoms with E-state index in [-0.39, 0.29) is 18.0 Å². The Balaban J connectivity index is 1.37. The van der Waals surface area contributed by atoms with Crippen molar-refractivity contribution < 1.29 is 19.0 Å². The van der Waals surface area contributed by atoms with Crippen LogP contribution in [0.5, 0.6) is 5.75 Å². The minimum Gasteiger partial charge on any atom is -0.497 e. The minimum atomic E-state index is -0.545. The van der Waals surface area contributed by atoms with Crippen LogP contribution in [0, 0.1) is 6.92 Å². The van der Waals surface area contributed by atoms with Crippen LogP contribution >= 0.6 is 0 Å². The Labute approximate surface area is 184 Å². The zero-order valence-corrected chi connectivity index (χ0v) is 18.1. The van der Waals surface area contributed by atoms with E-state index >= 15 is 0 Å². The summed E-state index contributed by atoms with van der Waals surface area (Å²) in [5.74, 6) is 0.575. The van der Waals surface area contributed by atoms with Gasteiger partial charge in [0.2, 0.25) is 5.91 Å². The van der Waals surface area contributed by atoms with E-state index in [1.165, 1.54) is 9.20 Å². The van der Waals surface area contributed by atoms with Gasteiger partial charge in [0.1, 0.15) is 23.6 Å². The fraction of sp³-hybridized carbons (Fsp3) is 0.455. The molecule has 2 aromatic heterocycles. The molecule has 4 heterocycles. The molecule has 0 radical (unpaired) electrons. The molecule has 2 aliphatic rings. The zero-order valence-electron chi connectivity index (χ0n) is 18.1. The Hall–Kier alpha value is -3.24. The molecule has 10 nitrogen and oxygen atoms in total. The third kappa shape index (κ3) is 3.65. The molecule has 0 atom stereocenters. The second kappa shape index (κ2) is 8.03. The van der Waals surface area contributed by atoms with Gasteiger partial charge in [-0.1, -0.05) is 0 Å². The molecule has 0 aliphatic carbocycles. The number of amides is 1.